The number of aromatic nitrogens is 1. The highest BCUT2D eigenvalue weighted by molar-refractivity contribution is 6.10. The Morgan fingerprint density at radius 3 is 2.41 bits per heavy atom. The Morgan fingerprint density at radius 2 is 1.68 bits per heavy atom. The summed E-state index contributed by atoms with van der Waals surface area (Å²) in [4.78, 5) is 16.3. The minimum atomic E-state index is -0.333. The van der Waals surface area contributed by atoms with Crippen LogP contribution < -0.4 is 5.32 Å². The average molecular weight is 292 g/mol. The van der Waals surface area contributed by atoms with Gasteiger partial charge in [-0.05, 0) is 25.5 Å². The topological polar surface area (TPSA) is 44.9 Å². The second-order valence-electron chi connectivity index (χ2n) is 5.78. The maximum absolute atomic E-state index is 13.1. The van der Waals surface area contributed by atoms with Crippen LogP contribution in [0, 0.1) is 0 Å². The molecular weight excluding hydrogens is 272 g/mol. The minimum Gasteiger partial charge on any atom is -0.360 e. The largest absolute Gasteiger partial charge is 0.360 e. The first kappa shape index (κ1) is 14.5. The van der Waals surface area contributed by atoms with Crippen molar-refractivity contribution >= 4 is 16.7 Å². The highest BCUT2D eigenvalue weighted by atomic mass is 16.1. The zero-order chi connectivity index (χ0) is 15.5. The first-order chi connectivity index (χ1) is 10.7. The van der Waals surface area contributed by atoms with Crippen molar-refractivity contribution in [1.82, 2.24) is 10.3 Å². The third kappa shape index (κ3) is 2.81. The number of hydrogen-bond donors (Lipinski definition) is 2. The molecule has 0 bridgehead atoms. The van der Waals surface area contributed by atoms with Crippen LogP contribution in [0.3, 0.4) is 0 Å². The standard InChI is InChI=1S/C19H20N2O/c1-13(2)21-18(14-8-4-3-5-9-14)19(22)16-12-20-17-11-7-6-10-15(16)17/h3-13,18,20-21H,1-2H3/t18-/m0/s1. The lowest BCUT2D eigenvalue weighted by molar-refractivity contribution is 0.0939. The molecule has 2 N–H and O–H groups in total. The highest BCUT2D eigenvalue weighted by Gasteiger charge is 2.24. The van der Waals surface area contributed by atoms with Crippen LogP contribution in [0.2, 0.25) is 0 Å². The molecule has 3 heteroatoms. The lowest BCUT2D eigenvalue weighted by Gasteiger charge is -2.20. The van der Waals surface area contributed by atoms with Crippen LogP contribution in [0.5, 0.6) is 0 Å². The van der Waals surface area contributed by atoms with E-state index in [2.05, 4.69) is 24.1 Å². The van der Waals surface area contributed by atoms with Gasteiger partial charge in [0.25, 0.3) is 0 Å². The van der Waals surface area contributed by atoms with Gasteiger partial charge in [-0.2, -0.15) is 0 Å². The number of carbonyl (C=O) groups is 1. The first-order valence-electron chi connectivity index (χ1n) is 7.58. The van der Waals surface area contributed by atoms with E-state index in [1.165, 1.54) is 0 Å². The molecule has 1 aromatic heterocycles. The van der Waals surface area contributed by atoms with Crippen molar-refractivity contribution in [1.29, 1.82) is 0 Å². The summed E-state index contributed by atoms with van der Waals surface area (Å²) < 4.78 is 0. The number of rotatable bonds is 5. The molecule has 22 heavy (non-hydrogen) atoms. The van der Waals surface area contributed by atoms with E-state index < -0.39 is 0 Å². The van der Waals surface area contributed by atoms with E-state index in [-0.39, 0.29) is 17.9 Å². The van der Waals surface area contributed by atoms with E-state index >= 15 is 0 Å². The maximum Gasteiger partial charge on any atom is 0.186 e. The van der Waals surface area contributed by atoms with Crippen LogP contribution in [0.1, 0.15) is 35.8 Å². The number of benzene rings is 2. The van der Waals surface area contributed by atoms with Gasteiger partial charge in [0.1, 0.15) is 0 Å². The smallest absolute Gasteiger partial charge is 0.186 e. The summed E-state index contributed by atoms with van der Waals surface area (Å²) in [5.41, 5.74) is 2.71. The molecule has 0 aliphatic heterocycles. The van der Waals surface area contributed by atoms with Gasteiger partial charge in [-0.1, -0.05) is 48.5 Å². The predicted molar refractivity (Wildman–Crippen MR) is 90.1 cm³/mol. The number of nitrogens with one attached hydrogen (secondary N) is 2. The van der Waals surface area contributed by atoms with Crippen molar-refractivity contribution < 1.29 is 4.79 Å². The van der Waals surface area contributed by atoms with Crippen molar-refractivity contribution in [3.63, 3.8) is 0 Å². The Balaban J connectivity index is 2.02. The number of Topliss-reactive ketones (excluding diaryl/α,β-unsaturated/α-hetero) is 1. The van der Waals surface area contributed by atoms with Crippen molar-refractivity contribution in [2.45, 2.75) is 25.9 Å². The lowest BCUT2D eigenvalue weighted by Crippen LogP contribution is -2.33. The van der Waals surface area contributed by atoms with E-state index in [9.17, 15) is 4.79 Å². The average Bonchev–Trinajstić information content (AvgIpc) is 2.97. The summed E-state index contributed by atoms with van der Waals surface area (Å²) in [6.07, 6.45) is 1.81. The monoisotopic (exact) mass is 292 g/mol. The van der Waals surface area contributed by atoms with Crippen LogP contribution in [0.25, 0.3) is 10.9 Å². The maximum atomic E-state index is 13.1. The van der Waals surface area contributed by atoms with Gasteiger partial charge in [-0.15, -0.1) is 0 Å². The van der Waals surface area contributed by atoms with Gasteiger partial charge in [0.05, 0.1) is 6.04 Å². The molecule has 1 heterocycles. The van der Waals surface area contributed by atoms with E-state index in [0.29, 0.717) is 0 Å². The fraction of sp³-hybridized carbons (Fsp3) is 0.211. The van der Waals surface area contributed by atoms with Gasteiger partial charge >= 0.3 is 0 Å². The van der Waals surface area contributed by atoms with Gasteiger partial charge in [0, 0.05) is 28.7 Å². The van der Waals surface area contributed by atoms with Crippen LogP contribution in [0.4, 0.5) is 0 Å². The molecule has 0 radical (unpaired) electrons. The zero-order valence-electron chi connectivity index (χ0n) is 12.8. The summed E-state index contributed by atoms with van der Waals surface area (Å²) in [6, 6.07) is 17.7. The second kappa shape index (κ2) is 6.16. The van der Waals surface area contributed by atoms with E-state index in [0.717, 1.165) is 22.0 Å². The SMILES string of the molecule is CC(C)N[C@H](C(=O)c1c[nH]c2ccccc12)c1ccccc1. The van der Waals surface area contributed by atoms with Gasteiger partial charge < -0.3 is 10.3 Å². The third-order valence-electron chi connectivity index (χ3n) is 3.75. The first-order valence-corrected chi connectivity index (χ1v) is 7.58. The Labute approximate surface area is 130 Å². The lowest BCUT2D eigenvalue weighted by atomic mass is 9.96. The summed E-state index contributed by atoms with van der Waals surface area (Å²) in [6.45, 7) is 4.11. The van der Waals surface area contributed by atoms with Gasteiger partial charge in [-0.3, -0.25) is 4.79 Å². The van der Waals surface area contributed by atoms with Crippen LogP contribution in [0.15, 0.2) is 60.8 Å². The predicted octanol–water partition coefficient (Wildman–Crippen LogP) is 4.09. The quantitative estimate of drug-likeness (QED) is 0.696. The summed E-state index contributed by atoms with van der Waals surface area (Å²) >= 11 is 0. The molecule has 0 saturated carbocycles. The molecule has 0 aliphatic rings. The number of fused-ring (bicyclic) bond motifs is 1. The molecule has 3 aromatic rings. The second-order valence-corrected chi connectivity index (χ2v) is 5.78. The number of hydrogen-bond acceptors (Lipinski definition) is 2. The fourth-order valence-corrected chi connectivity index (χ4v) is 2.73. The van der Waals surface area contributed by atoms with Crippen molar-refractivity contribution in [3.05, 3.63) is 71.9 Å². The minimum absolute atomic E-state index is 0.0948. The van der Waals surface area contributed by atoms with Crippen LogP contribution in [-0.4, -0.2) is 16.8 Å². The zero-order valence-corrected chi connectivity index (χ0v) is 12.8. The van der Waals surface area contributed by atoms with Gasteiger partial charge in [-0.25, -0.2) is 0 Å². The molecule has 0 unspecified atom stereocenters. The number of aromatic amines is 1. The summed E-state index contributed by atoms with van der Waals surface area (Å²) in [5, 5.41) is 4.36. The Bertz CT molecular complexity index is 774. The normalized spacial score (nSPS) is 12.7. The number of ketones is 1. The number of carbonyl (C=O) groups excluding carboxylic acids is 1. The molecule has 0 amide bonds. The van der Waals surface area contributed by atoms with E-state index in [1.54, 1.807) is 0 Å². The van der Waals surface area contributed by atoms with Gasteiger partial charge in [0.2, 0.25) is 0 Å². The Hall–Kier alpha value is -2.39. The molecule has 0 fully saturated rings. The van der Waals surface area contributed by atoms with Crippen LogP contribution in [-0.2, 0) is 0 Å². The molecule has 2 aromatic carbocycles. The fourth-order valence-electron chi connectivity index (χ4n) is 2.73. The molecule has 3 nitrogen and oxygen atoms in total. The molecule has 112 valence electrons. The van der Waals surface area contributed by atoms with Crippen molar-refractivity contribution in [3.8, 4) is 0 Å². The summed E-state index contributed by atoms with van der Waals surface area (Å²) in [5.74, 6) is 0.0948. The molecule has 0 aliphatic carbocycles. The summed E-state index contributed by atoms with van der Waals surface area (Å²) in [7, 11) is 0. The molecule has 0 saturated heterocycles. The molecule has 0 spiro atoms. The van der Waals surface area contributed by atoms with Crippen molar-refractivity contribution in [2.75, 3.05) is 0 Å². The third-order valence-corrected chi connectivity index (χ3v) is 3.75. The molecular formula is C19H20N2O. The Morgan fingerprint density at radius 1 is 1.00 bits per heavy atom. The number of H-pyrrole nitrogens is 1. The van der Waals surface area contributed by atoms with Gasteiger partial charge in [0.15, 0.2) is 5.78 Å². The molecule has 3 rings (SSSR count). The van der Waals surface area contributed by atoms with E-state index in [1.807, 2.05) is 60.8 Å². The molecule has 1 atom stereocenters. The van der Waals surface area contributed by atoms with E-state index in [4.69, 9.17) is 0 Å². The highest BCUT2D eigenvalue weighted by Crippen LogP contribution is 2.25. The number of para-hydroxylation sites is 1. The van der Waals surface area contributed by atoms with Crippen LogP contribution >= 0.6 is 0 Å². The van der Waals surface area contributed by atoms with Crippen molar-refractivity contribution in [2.24, 2.45) is 0 Å². The Kier molecular flexibility index (Phi) is 4.07.